The molecule has 2 heterocycles. The number of nitrogens with zero attached hydrogens (tertiary/aromatic N) is 3. The second-order valence-electron chi connectivity index (χ2n) is 24.3. The van der Waals surface area contributed by atoms with Crippen molar-refractivity contribution in [1.82, 2.24) is 9.97 Å². The number of anilines is 5. The Morgan fingerprint density at radius 2 is 0.708 bits per heavy atom. The van der Waals surface area contributed by atoms with E-state index in [-0.39, 0.29) is 10.8 Å². The summed E-state index contributed by atoms with van der Waals surface area (Å²) in [4.78, 5) is 11.3. The van der Waals surface area contributed by atoms with Gasteiger partial charge in [-0.1, -0.05) is 260 Å². The maximum absolute atomic E-state index is 4.99. The van der Waals surface area contributed by atoms with Crippen LogP contribution in [0, 0.1) is 0 Å². The molecule has 0 fully saturated rings. The van der Waals surface area contributed by atoms with Crippen LogP contribution in [0.2, 0.25) is 0 Å². The lowest BCUT2D eigenvalue weighted by Crippen LogP contribution is -2.15. The molecule has 0 atom stereocenters. The van der Waals surface area contributed by atoms with Crippen molar-refractivity contribution in [3.8, 4) is 44.5 Å². The summed E-state index contributed by atoms with van der Waals surface area (Å²) < 4.78 is 2.50. The minimum Gasteiger partial charge on any atom is -0.355 e. The second kappa shape index (κ2) is 26.4. The predicted octanol–water partition coefficient (Wildman–Crippen LogP) is 25.2. The van der Waals surface area contributed by atoms with Crippen LogP contribution in [-0.4, -0.2) is 9.97 Å². The molecule has 0 aliphatic rings. The fourth-order valence-corrected chi connectivity index (χ4v) is 12.9. The first-order valence-electron chi connectivity index (χ1n) is 30.0. The Morgan fingerprint density at radius 3 is 1.20 bits per heavy atom. The molecular formula is C82H67Br3N4. The van der Waals surface area contributed by atoms with Gasteiger partial charge in [0.2, 0.25) is 0 Å². The van der Waals surface area contributed by atoms with E-state index in [4.69, 9.17) is 4.98 Å². The van der Waals surface area contributed by atoms with Crippen molar-refractivity contribution >= 4 is 119 Å². The Kier molecular flexibility index (Phi) is 17.9. The summed E-state index contributed by atoms with van der Waals surface area (Å²) in [5.41, 5.74) is 16.7. The Balaban J connectivity index is 0.000000155. The molecule has 0 unspecified atom stereocenters. The lowest BCUT2D eigenvalue weighted by Gasteiger charge is -2.29. The van der Waals surface area contributed by atoms with Crippen LogP contribution in [0.3, 0.4) is 0 Å². The highest BCUT2D eigenvalue weighted by molar-refractivity contribution is 9.11. The molecule has 12 aromatic carbocycles. The average Bonchev–Trinajstić information content (AvgIpc) is 2.25. The molecule has 2 aromatic heterocycles. The predicted molar refractivity (Wildman–Crippen MR) is 392 cm³/mol. The molecule has 0 spiro atoms. The van der Waals surface area contributed by atoms with Crippen LogP contribution >= 0.6 is 47.8 Å². The molecule has 0 amide bonds. The molecule has 14 aromatic rings. The first-order chi connectivity index (χ1) is 43.1. The second-order valence-corrected chi connectivity index (χ2v) is 26.7. The smallest absolute Gasteiger partial charge is 0.138 e. The van der Waals surface area contributed by atoms with Gasteiger partial charge in [0.1, 0.15) is 19.6 Å². The number of aromatic nitrogens is 2. The maximum Gasteiger partial charge on any atom is 0.138 e. The van der Waals surface area contributed by atoms with Gasteiger partial charge in [0.05, 0.1) is 5.69 Å². The zero-order valence-corrected chi connectivity index (χ0v) is 55.4. The Morgan fingerprint density at radius 1 is 0.315 bits per heavy atom. The van der Waals surface area contributed by atoms with Gasteiger partial charge in [-0.2, -0.15) is 0 Å². The van der Waals surface area contributed by atoms with Gasteiger partial charge in [0, 0.05) is 28.2 Å². The first kappa shape index (κ1) is 60.3. The SMILES string of the molecule is Brc1cccc(Br)n1.CC(C)(C)c1ccc(N(c2cccc(-c3cccc4ccccc34)c2)c2cccc(Br)n2)c(-c2cccc3ccccc23)c1.CC(C)(C)c1ccc(Nc2cccc(-c3cccc4ccccc34)c2)c(-c2cccc3ccccc23)c1. The monoisotopic (exact) mass is 1340 g/mol. The molecule has 89 heavy (non-hydrogen) atoms. The fraction of sp³-hybridized carbons (Fsp3) is 0.0976. The zero-order valence-electron chi connectivity index (χ0n) is 50.7. The highest BCUT2D eigenvalue weighted by Gasteiger charge is 2.24. The van der Waals surface area contributed by atoms with Crippen LogP contribution in [0.25, 0.3) is 87.6 Å². The third kappa shape index (κ3) is 13.7. The average molecular weight is 1350 g/mol. The lowest BCUT2D eigenvalue weighted by atomic mass is 9.84. The van der Waals surface area contributed by atoms with E-state index in [2.05, 4.69) is 371 Å². The van der Waals surface area contributed by atoms with E-state index in [0.717, 1.165) is 47.9 Å². The first-order valence-corrected chi connectivity index (χ1v) is 32.4. The molecule has 0 saturated heterocycles. The van der Waals surface area contributed by atoms with Crippen LogP contribution in [0.15, 0.2) is 305 Å². The van der Waals surface area contributed by atoms with Crippen LogP contribution in [0.5, 0.6) is 0 Å². The molecule has 7 heteroatoms. The van der Waals surface area contributed by atoms with Gasteiger partial charge in [-0.25, -0.2) is 9.97 Å². The Bertz CT molecular complexity index is 4830. The Labute approximate surface area is 548 Å². The highest BCUT2D eigenvalue weighted by Crippen LogP contribution is 2.46. The van der Waals surface area contributed by atoms with E-state index in [9.17, 15) is 0 Å². The van der Waals surface area contributed by atoms with E-state index >= 15 is 0 Å². The summed E-state index contributed by atoms with van der Waals surface area (Å²) in [7, 11) is 0. The zero-order chi connectivity index (χ0) is 61.7. The lowest BCUT2D eigenvalue weighted by molar-refractivity contribution is 0.590. The van der Waals surface area contributed by atoms with E-state index < -0.39 is 0 Å². The van der Waals surface area contributed by atoms with Gasteiger partial charge < -0.3 is 5.32 Å². The molecule has 0 aliphatic carbocycles. The molecule has 14 rings (SSSR count). The molecule has 0 saturated carbocycles. The van der Waals surface area contributed by atoms with Gasteiger partial charge in [-0.05, 0) is 219 Å². The molecule has 0 radical (unpaired) electrons. The number of rotatable bonds is 9. The normalized spacial score (nSPS) is 11.4. The molecule has 1 N–H and O–H groups in total. The quantitative estimate of drug-likeness (QED) is 0.146. The van der Waals surface area contributed by atoms with Crippen molar-refractivity contribution in [3.63, 3.8) is 0 Å². The molecular weight excluding hydrogens is 1280 g/mol. The minimum absolute atomic E-state index is 0.00893. The van der Waals surface area contributed by atoms with Crippen LogP contribution in [0.4, 0.5) is 28.6 Å². The number of hydrogen-bond acceptors (Lipinski definition) is 4. The van der Waals surface area contributed by atoms with Crippen LogP contribution in [0.1, 0.15) is 52.7 Å². The third-order valence-corrected chi connectivity index (χ3v) is 17.5. The van der Waals surface area contributed by atoms with Gasteiger partial charge in [-0.15, -0.1) is 0 Å². The number of halogens is 3. The summed E-state index contributed by atoms with van der Waals surface area (Å²) in [6, 6.07) is 104. The van der Waals surface area contributed by atoms with Crippen LogP contribution in [-0.2, 0) is 10.8 Å². The summed E-state index contributed by atoms with van der Waals surface area (Å²) in [5.74, 6) is 0.847. The van der Waals surface area contributed by atoms with E-state index in [1.807, 2.05) is 24.3 Å². The molecule has 0 aliphatic heterocycles. The fourth-order valence-electron chi connectivity index (χ4n) is 11.7. The van der Waals surface area contributed by atoms with E-state index in [0.29, 0.717) is 0 Å². The number of fused-ring (bicyclic) bond motifs is 4. The summed E-state index contributed by atoms with van der Waals surface area (Å²) in [6.07, 6.45) is 0. The molecule has 4 nitrogen and oxygen atoms in total. The summed E-state index contributed by atoms with van der Waals surface area (Å²) in [6.45, 7) is 13.6. The number of pyridine rings is 2. The number of benzene rings is 12. The number of nitrogens with one attached hydrogen (secondary N) is 1. The largest absolute Gasteiger partial charge is 0.355 e. The standard InChI is InChI=1S/C41H33BrN2.C36H31N.C5H3Br2N/c1-41(2,3)31-24-25-38(37(27-31)36-21-10-15-29-13-5-7-19-34(29)36)44(40-23-11-22-39(42)43-40)32-17-8-16-30(26-32)35-20-9-14-28-12-4-6-18-33(28)35;1-36(2,3)28-21-22-35(34(24-28)33-20-10-14-26-12-5-7-18-31(26)33)37-29-16-8-15-27(23-29)32-19-9-13-25-11-4-6-17-30(25)32;6-4-2-1-3-5(7)8-4/h4-27H,1-3H3;4-24,37H,1-3H3;1-3H. The summed E-state index contributed by atoms with van der Waals surface area (Å²) >= 11 is 10.1. The molecule has 0 bridgehead atoms. The topological polar surface area (TPSA) is 41.1 Å². The number of hydrogen-bond donors (Lipinski definition) is 1. The highest BCUT2D eigenvalue weighted by atomic mass is 79.9. The third-order valence-electron chi connectivity index (χ3n) is 16.2. The van der Waals surface area contributed by atoms with E-state index in [1.54, 1.807) is 0 Å². The van der Waals surface area contributed by atoms with Gasteiger partial charge in [0.25, 0.3) is 0 Å². The van der Waals surface area contributed by atoms with Crippen LogP contribution < -0.4 is 10.2 Å². The Hall–Kier alpha value is -8.98. The summed E-state index contributed by atoms with van der Waals surface area (Å²) in [5, 5.41) is 13.8. The minimum atomic E-state index is -0.00893. The maximum atomic E-state index is 4.99. The van der Waals surface area contributed by atoms with Crippen molar-refractivity contribution < 1.29 is 0 Å². The van der Waals surface area contributed by atoms with Crippen molar-refractivity contribution in [3.05, 3.63) is 316 Å². The molecule has 436 valence electrons. The van der Waals surface area contributed by atoms with Crippen molar-refractivity contribution in [2.24, 2.45) is 0 Å². The van der Waals surface area contributed by atoms with Gasteiger partial charge in [0.15, 0.2) is 0 Å². The van der Waals surface area contributed by atoms with Crippen molar-refractivity contribution in [2.45, 2.75) is 52.4 Å². The van der Waals surface area contributed by atoms with Gasteiger partial charge >= 0.3 is 0 Å². The van der Waals surface area contributed by atoms with E-state index in [1.165, 1.54) is 93.2 Å². The van der Waals surface area contributed by atoms with Crippen molar-refractivity contribution in [2.75, 3.05) is 10.2 Å². The van der Waals surface area contributed by atoms with Crippen molar-refractivity contribution in [1.29, 1.82) is 0 Å². The van der Waals surface area contributed by atoms with Gasteiger partial charge in [-0.3, -0.25) is 4.90 Å².